The normalized spacial score (nSPS) is 19.3. The van der Waals surface area contributed by atoms with Crippen LogP contribution in [0.2, 0.25) is 0 Å². The van der Waals surface area contributed by atoms with Crippen LogP contribution >= 0.6 is 0 Å². The lowest BCUT2D eigenvalue weighted by Gasteiger charge is -2.15. The minimum atomic E-state index is -0.296. The molecule has 0 radical (unpaired) electrons. The van der Waals surface area contributed by atoms with Gasteiger partial charge in [0.15, 0.2) is 0 Å². The van der Waals surface area contributed by atoms with E-state index >= 15 is 0 Å². The number of nitrogens with zero attached hydrogens (tertiary/aromatic N) is 1. The van der Waals surface area contributed by atoms with E-state index in [1.165, 1.54) is 25.7 Å². The number of hydrogen-bond acceptors (Lipinski definition) is 2. The molecule has 1 heterocycles. The standard InChI is InChI=1S/C13H19NO/c1-10-8-12(6-7-14-10)13(15)9-11-4-2-3-5-11/h6-8,11,13,15H,2-5,9H2,1H3. The van der Waals surface area contributed by atoms with E-state index in [9.17, 15) is 5.11 Å². The van der Waals surface area contributed by atoms with E-state index in [1.807, 2.05) is 19.1 Å². The van der Waals surface area contributed by atoms with Crippen LogP contribution in [-0.4, -0.2) is 10.1 Å². The summed E-state index contributed by atoms with van der Waals surface area (Å²) in [6, 6.07) is 3.91. The van der Waals surface area contributed by atoms with E-state index in [0.717, 1.165) is 23.6 Å². The van der Waals surface area contributed by atoms with Gasteiger partial charge in [-0.25, -0.2) is 0 Å². The molecule has 2 nitrogen and oxygen atoms in total. The molecule has 2 heteroatoms. The molecular weight excluding hydrogens is 186 g/mol. The average Bonchev–Trinajstić information content (AvgIpc) is 2.70. The van der Waals surface area contributed by atoms with E-state index in [0.29, 0.717) is 0 Å². The Bertz CT molecular complexity index is 318. The maximum Gasteiger partial charge on any atom is 0.0793 e. The molecule has 0 bridgehead atoms. The van der Waals surface area contributed by atoms with E-state index in [4.69, 9.17) is 0 Å². The summed E-state index contributed by atoms with van der Waals surface area (Å²) in [6.07, 6.45) is 7.67. The minimum absolute atomic E-state index is 0.296. The fourth-order valence-electron chi connectivity index (χ4n) is 2.47. The highest BCUT2D eigenvalue weighted by Crippen LogP contribution is 2.32. The van der Waals surface area contributed by atoms with Crippen LogP contribution in [0, 0.1) is 12.8 Å². The molecule has 1 N–H and O–H groups in total. The predicted octanol–water partition coefficient (Wildman–Crippen LogP) is 3.00. The number of aromatic nitrogens is 1. The Morgan fingerprint density at radius 3 is 2.87 bits per heavy atom. The van der Waals surface area contributed by atoms with Gasteiger partial charge in [0.05, 0.1) is 6.10 Å². The quantitative estimate of drug-likeness (QED) is 0.822. The first-order valence-corrected chi connectivity index (χ1v) is 5.86. The Morgan fingerprint density at radius 1 is 1.47 bits per heavy atom. The van der Waals surface area contributed by atoms with Crippen molar-refractivity contribution in [2.75, 3.05) is 0 Å². The first-order chi connectivity index (χ1) is 7.25. The van der Waals surface area contributed by atoms with Crippen molar-refractivity contribution in [1.82, 2.24) is 4.98 Å². The molecule has 1 unspecified atom stereocenters. The van der Waals surface area contributed by atoms with E-state index in [2.05, 4.69) is 4.98 Å². The van der Waals surface area contributed by atoms with Gasteiger partial charge in [-0.1, -0.05) is 25.7 Å². The van der Waals surface area contributed by atoms with E-state index in [-0.39, 0.29) is 6.10 Å². The first kappa shape index (κ1) is 10.6. The largest absolute Gasteiger partial charge is 0.388 e. The summed E-state index contributed by atoms with van der Waals surface area (Å²) >= 11 is 0. The molecule has 15 heavy (non-hydrogen) atoms. The van der Waals surface area contributed by atoms with E-state index < -0.39 is 0 Å². The maximum absolute atomic E-state index is 10.1. The van der Waals surface area contributed by atoms with Gasteiger partial charge >= 0.3 is 0 Å². The molecule has 1 saturated carbocycles. The Morgan fingerprint density at radius 2 is 2.20 bits per heavy atom. The van der Waals surface area contributed by atoms with Crippen LogP contribution < -0.4 is 0 Å². The molecule has 0 amide bonds. The Kier molecular flexibility index (Phi) is 3.37. The molecule has 0 saturated heterocycles. The molecule has 82 valence electrons. The summed E-state index contributed by atoms with van der Waals surface area (Å²) in [6.45, 7) is 1.96. The monoisotopic (exact) mass is 205 g/mol. The van der Waals surface area contributed by atoms with Crippen molar-refractivity contribution < 1.29 is 5.11 Å². The molecular formula is C13H19NO. The molecule has 0 aliphatic heterocycles. The fraction of sp³-hybridized carbons (Fsp3) is 0.615. The zero-order valence-electron chi connectivity index (χ0n) is 9.32. The summed E-state index contributed by atoms with van der Waals surface area (Å²) in [5, 5.41) is 10.1. The SMILES string of the molecule is Cc1cc(C(O)CC2CCCC2)ccn1. The molecule has 1 aliphatic rings. The van der Waals surface area contributed by atoms with Gasteiger partial charge < -0.3 is 5.11 Å². The van der Waals surface area contributed by atoms with Crippen molar-refractivity contribution in [3.63, 3.8) is 0 Å². The number of pyridine rings is 1. The third-order valence-electron chi connectivity index (χ3n) is 3.34. The highest BCUT2D eigenvalue weighted by Gasteiger charge is 2.19. The number of hydrogen-bond donors (Lipinski definition) is 1. The summed E-state index contributed by atoms with van der Waals surface area (Å²) in [5.41, 5.74) is 2.01. The third kappa shape index (κ3) is 2.78. The molecule has 1 aromatic rings. The van der Waals surface area contributed by atoms with Crippen molar-refractivity contribution in [1.29, 1.82) is 0 Å². The number of aliphatic hydroxyl groups excluding tert-OH is 1. The zero-order valence-corrected chi connectivity index (χ0v) is 9.32. The first-order valence-electron chi connectivity index (χ1n) is 5.86. The van der Waals surface area contributed by atoms with Crippen LogP contribution in [0.15, 0.2) is 18.3 Å². The molecule has 0 aromatic carbocycles. The molecule has 0 spiro atoms. The van der Waals surface area contributed by atoms with Gasteiger partial charge in [0, 0.05) is 11.9 Å². The molecule has 1 aromatic heterocycles. The van der Waals surface area contributed by atoms with Crippen LogP contribution in [0.3, 0.4) is 0 Å². The van der Waals surface area contributed by atoms with Crippen molar-refractivity contribution >= 4 is 0 Å². The lowest BCUT2D eigenvalue weighted by Crippen LogP contribution is -2.04. The molecule has 1 fully saturated rings. The second-order valence-electron chi connectivity index (χ2n) is 4.63. The van der Waals surface area contributed by atoms with Crippen LogP contribution in [0.4, 0.5) is 0 Å². The number of rotatable bonds is 3. The summed E-state index contributed by atoms with van der Waals surface area (Å²) < 4.78 is 0. The number of aryl methyl sites for hydroxylation is 1. The van der Waals surface area contributed by atoms with Gasteiger partial charge in [0.25, 0.3) is 0 Å². The summed E-state index contributed by atoms with van der Waals surface area (Å²) in [4.78, 5) is 4.14. The van der Waals surface area contributed by atoms with Gasteiger partial charge in [-0.15, -0.1) is 0 Å². The molecule has 2 rings (SSSR count). The topological polar surface area (TPSA) is 33.1 Å². The highest BCUT2D eigenvalue weighted by molar-refractivity contribution is 5.17. The zero-order chi connectivity index (χ0) is 10.7. The lowest BCUT2D eigenvalue weighted by atomic mass is 9.96. The van der Waals surface area contributed by atoms with Gasteiger partial charge in [-0.3, -0.25) is 4.98 Å². The maximum atomic E-state index is 10.1. The van der Waals surface area contributed by atoms with Crippen molar-refractivity contribution in [2.24, 2.45) is 5.92 Å². The Balaban J connectivity index is 1.97. The van der Waals surface area contributed by atoms with Gasteiger partial charge in [-0.2, -0.15) is 0 Å². The van der Waals surface area contributed by atoms with Crippen molar-refractivity contribution in [3.05, 3.63) is 29.6 Å². The minimum Gasteiger partial charge on any atom is -0.388 e. The molecule has 1 atom stereocenters. The van der Waals surface area contributed by atoms with Gasteiger partial charge in [0.1, 0.15) is 0 Å². The Labute approximate surface area is 91.4 Å². The number of aliphatic hydroxyl groups is 1. The predicted molar refractivity (Wildman–Crippen MR) is 60.5 cm³/mol. The summed E-state index contributed by atoms with van der Waals surface area (Å²) in [5.74, 6) is 0.730. The van der Waals surface area contributed by atoms with Crippen LogP contribution in [0.25, 0.3) is 0 Å². The second kappa shape index (κ2) is 4.75. The molecule has 1 aliphatic carbocycles. The smallest absolute Gasteiger partial charge is 0.0793 e. The lowest BCUT2D eigenvalue weighted by molar-refractivity contribution is 0.144. The van der Waals surface area contributed by atoms with Gasteiger partial charge in [0.2, 0.25) is 0 Å². The third-order valence-corrected chi connectivity index (χ3v) is 3.34. The van der Waals surface area contributed by atoms with E-state index in [1.54, 1.807) is 6.20 Å². The second-order valence-corrected chi connectivity index (χ2v) is 4.63. The highest BCUT2D eigenvalue weighted by atomic mass is 16.3. The fourth-order valence-corrected chi connectivity index (χ4v) is 2.47. The van der Waals surface area contributed by atoms with Gasteiger partial charge in [-0.05, 0) is 37.0 Å². The van der Waals surface area contributed by atoms with Crippen LogP contribution in [-0.2, 0) is 0 Å². The summed E-state index contributed by atoms with van der Waals surface area (Å²) in [7, 11) is 0. The average molecular weight is 205 g/mol. The Hall–Kier alpha value is -0.890. The van der Waals surface area contributed by atoms with Crippen molar-refractivity contribution in [3.8, 4) is 0 Å². The van der Waals surface area contributed by atoms with Crippen LogP contribution in [0.1, 0.15) is 49.5 Å². The van der Waals surface area contributed by atoms with Crippen LogP contribution in [0.5, 0.6) is 0 Å². The van der Waals surface area contributed by atoms with Crippen molar-refractivity contribution in [2.45, 2.75) is 45.1 Å².